The van der Waals surface area contributed by atoms with Gasteiger partial charge in [0.05, 0.1) is 31.1 Å². The van der Waals surface area contributed by atoms with Crippen molar-refractivity contribution >= 4 is 64.1 Å². The van der Waals surface area contributed by atoms with Gasteiger partial charge in [-0.05, 0) is 113 Å². The van der Waals surface area contributed by atoms with Crippen LogP contribution in [0.2, 0.25) is 5.02 Å². The molecule has 2 aromatic heterocycles. The number of fused-ring (bicyclic) bond motifs is 1. The molecule has 3 atom stereocenters. The van der Waals surface area contributed by atoms with Gasteiger partial charge in [0.25, 0.3) is 5.91 Å². The highest BCUT2D eigenvalue weighted by molar-refractivity contribution is 6.30. The summed E-state index contributed by atoms with van der Waals surface area (Å²) in [6, 6.07) is 15.8. The average molecular weight is 1080 g/mol. The number of nitrogens with one attached hydrogen (secondary N) is 5. The number of carbonyl (C=O) groups excluding carboxylic acids is 6. The van der Waals surface area contributed by atoms with Gasteiger partial charge < -0.3 is 50.4 Å². The fraction of sp³-hybridized carbons (Fsp3) is 0.579. The first-order chi connectivity index (χ1) is 37.0. The molecule has 5 heterocycles. The Morgan fingerprint density at radius 2 is 1.60 bits per heavy atom. The summed E-state index contributed by atoms with van der Waals surface area (Å²) in [5.41, 5.74) is 1.09. The molecule has 1 aliphatic carbocycles. The fourth-order valence-corrected chi connectivity index (χ4v) is 11.4. The minimum atomic E-state index is -1.26. The Labute approximate surface area is 457 Å². The van der Waals surface area contributed by atoms with Gasteiger partial charge in [-0.25, -0.2) is 14.8 Å². The number of aromatic amines is 1. The number of benzene rings is 2. The second-order valence-electron chi connectivity index (χ2n) is 22.2. The van der Waals surface area contributed by atoms with E-state index in [2.05, 4.69) is 46.0 Å². The topological polar surface area (TPSA) is 224 Å². The molecule has 6 amide bonds. The van der Waals surface area contributed by atoms with Gasteiger partial charge in [0.1, 0.15) is 35.0 Å². The summed E-state index contributed by atoms with van der Waals surface area (Å²) >= 11 is 6.32. The molecular weight excluding hydrogens is 1000 g/mol. The number of amides is 6. The zero-order valence-electron chi connectivity index (χ0n) is 45.3. The quantitative estimate of drug-likeness (QED) is 0.0636. The third-order valence-corrected chi connectivity index (χ3v) is 15.9. The lowest BCUT2D eigenvalue weighted by Gasteiger charge is -2.42. The summed E-state index contributed by atoms with van der Waals surface area (Å²) < 4.78 is 11.5. The molecule has 0 spiro atoms. The van der Waals surface area contributed by atoms with Gasteiger partial charge >= 0.3 is 6.09 Å². The first-order valence-corrected chi connectivity index (χ1v) is 28.0. The number of piperidine rings is 2. The van der Waals surface area contributed by atoms with E-state index in [9.17, 15) is 28.8 Å². The zero-order chi connectivity index (χ0) is 54.5. The molecule has 0 bridgehead atoms. The highest BCUT2D eigenvalue weighted by Crippen LogP contribution is 2.33. The number of alkyl carbamates (subject to hydrolysis) is 1. The van der Waals surface area contributed by atoms with Gasteiger partial charge in [0.2, 0.25) is 23.6 Å². The SMILES string of the molecule is CC(=O)N1CCCC(c2cccc(C(=O)N[C@@H](C(=O)NCCOCCC(=O)N3CCN(CC[C@H](NC(=O)C4(NC(=O)OC(C)(C)C)CCN(c5ncnc6[nH]ccc56)CC4)c4ccc(Cl)cc4)CC3)C3CCCCC3)c2)C1. The van der Waals surface area contributed by atoms with Gasteiger partial charge in [0.15, 0.2) is 0 Å². The standard InChI is InChI=1S/C57H78ClN11O8/c1-39(70)69-26-9-14-44(37-69)42-12-8-13-43(36-42)52(72)64-49(41-10-6-5-7-11-41)53(73)60-25-35-76-34-21-48(71)67-32-30-66(31-33-67)27-20-47(40-15-17-45(58)18-16-40)63-54(74)57(65-55(75)77-56(2,3)4)22-28-68(29-23-57)51-46-19-24-59-50(46)61-38-62-51/h8,12-13,15-19,24,36,38,41,44,47,49H,5-7,9-11,14,20-23,25-35,37H2,1-4H3,(H,60,73)(H,63,74)(H,64,72)(H,65,75)(H,59,61,62)/t44?,47-,49+/m0/s1. The van der Waals surface area contributed by atoms with Crippen LogP contribution in [0.25, 0.3) is 11.0 Å². The summed E-state index contributed by atoms with van der Waals surface area (Å²) in [5.74, 6) is 0.170. The summed E-state index contributed by atoms with van der Waals surface area (Å²) in [7, 11) is 0. The Morgan fingerprint density at radius 1 is 0.844 bits per heavy atom. The smallest absolute Gasteiger partial charge is 0.408 e. The van der Waals surface area contributed by atoms with E-state index in [-0.39, 0.29) is 67.6 Å². The first kappa shape index (κ1) is 56.9. The molecule has 1 unspecified atom stereocenters. The molecule has 416 valence electrons. The maximum Gasteiger partial charge on any atom is 0.408 e. The predicted octanol–water partition coefficient (Wildman–Crippen LogP) is 6.49. The molecule has 0 radical (unpaired) electrons. The number of hydrogen-bond acceptors (Lipinski definition) is 12. The maximum absolute atomic E-state index is 14.7. The number of piperazine rings is 1. The molecule has 4 fully saturated rings. The van der Waals surface area contributed by atoms with Crippen molar-refractivity contribution in [3.05, 3.63) is 88.8 Å². The van der Waals surface area contributed by atoms with Crippen molar-refractivity contribution in [1.29, 1.82) is 0 Å². The number of aromatic nitrogens is 3. The highest BCUT2D eigenvalue weighted by Gasteiger charge is 2.45. The number of ether oxygens (including phenoxy) is 2. The lowest BCUT2D eigenvalue weighted by molar-refractivity contribution is -0.134. The monoisotopic (exact) mass is 1080 g/mol. The molecule has 3 saturated heterocycles. The number of nitrogens with zero attached hydrogens (tertiary/aromatic N) is 6. The summed E-state index contributed by atoms with van der Waals surface area (Å²) in [6.07, 6.45) is 10.8. The minimum absolute atomic E-state index is 0.00476. The van der Waals surface area contributed by atoms with Gasteiger partial charge in [-0.1, -0.05) is 55.1 Å². The Morgan fingerprint density at radius 3 is 2.32 bits per heavy atom. The fourth-order valence-electron chi connectivity index (χ4n) is 11.3. The normalized spacial score (nSPS) is 19.2. The molecule has 1 saturated carbocycles. The van der Waals surface area contributed by atoms with Crippen molar-refractivity contribution in [1.82, 2.24) is 50.9 Å². The first-order valence-electron chi connectivity index (χ1n) is 27.7. The van der Waals surface area contributed by atoms with Crippen LogP contribution < -0.4 is 26.2 Å². The molecule has 5 N–H and O–H groups in total. The molecular formula is C57H78ClN11O8. The minimum Gasteiger partial charge on any atom is -0.444 e. The average Bonchev–Trinajstić information content (AvgIpc) is 3.94. The highest BCUT2D eigenvalue weighted by atomic mass is 35.5. The van der Waals surface area contributed by atoms with Crippen LogP contribution in [0.15, 0.2) is 67.1 Å². The number of rotatable bonds is 19. The second-order valence-corrected chi connectivity index (χ2v) is 22.6. The van der Waals surface area contributed by atoms with Crippen LogP contribution in [0.4, 0.5) is 10.6 Å². The lowest BCUT2D eigenvalue weighted by atomic mass is 9.83. The van der Waals surface area contributed by atoms with Crippen molar-refractivity contribution < 1.29 is 38.2 Å². The van der Waals surface area contributed by atoms with E-state index in [0.717, 1.165) is 79.5 Å². The zero-order valence-corrected chi connectivity index (χ0v) is 46.0. The van der Waals surface area contributed by atoms with Crippen LogP contribution in [0.5, 0.6) is 0 Å². The van der Waals surface area contributed by atoms with E-state index in [1.807, 2.05) is 52.4 Å². The van der Waals surface area contributed by atoms with Crippen molar-refractivity contribution in [2.24, 2.45) is 5.92 Å². The Bertz CT molecular complexity index is 2660. The third kappa shape index (κ3) is 15.5. The van der Waals surface area contributed by atoms with Crippen LogP contribution in [0.1, 0.15) is 132 Å². The molecule has 8 rings (SSSR count). The van der Waals surface area contributed by atoms with E-state index < -0.39 is 29.3 Å². The lowest BCUT2D eigenvalue weighted by Crippen LogP contribution is -2.64. The van der Waals surface area contributed by atoms with Gasteiger partial charge in [0, 0.05) is 95.1 Å². The van der Waals surface area contributed by atoms with Gasteiger partial charge in [-0.15, -0.1) is 0 Å². The molecule has 4 aliphatic rings. The number of hydrogen-bond donors (Lipinski definition) is 5. The molecule has 20 heteroatoms. The Balaban J connectivity index is 0.790. The second kappa shape index (κ2) is 26.4. The molecule has 3 aliphatic heterocycles. The summed E-state index contributed by atoms with van der Waals surface area (Å²) in [4.78, 5) is 101. The number of anilines is 1. The van der Waals surface area contributed by atoms with Crippen LogP contribution in [0, 0.1) is 5.92 Å². The van der Waals surface area contributed by atoms with Crippen molar-refractivity contribution in [3.63, 3.8) is 0 Å². The third-order valence-electron chi connectivity index (χ3n) is 15.6. The van der Waals surface area contributed by atoms with Crippen LogP contribution in [-0.2, 0) is 28.7 Å². The number of carbonyl (C=O) groups is 6. The maximum atomic E-state index is 14.7. The van der Waals surface area contributed by atoms with E-state index in [1.165, 1.54) is 6.33 Å². The summed E-state index contributed by atoms with van der Waals surface area (Å²) in [5, 5.41) is 13.8. The van der Waals surface area contributed by atoms with E-state index >= 15 is 0 Å². The largest absolute Gasteiger partial charge is 0.444 e. The molecule has 77 heavy (non-hydrogen) atoms. The van der Waals surface area contributed by atoms with E-state index in [0.29, 0.717) is 82.2 Å². The predicted molar refractivity (Wildman–Crippen MR) is 294 cm³/mol. The van der Waals surface area contributed by atoms with Gasteiger partial charge in [-0.3, -0.25) is 28.9 Å². The van der Waals surface area contributed by atoms with Crippen LogP contribution >= 0.6 is 11.6 Å². The van der Waals surface area contributed by atoms with Crippen molar-refractivity contribution in [2.75, 3.05) is 83.6 Å². The number of halogens is 1. The Kier molecular flexibility index (Phi) is 19.5. The van der Waals surface area contributed by atoms with E-state index in [1.54, 1.807) is 45.9 Å². The van der Waals surface area contributed by atoms with Crippen LogP contribution in [0.3, 0.4) is 0 Å². The molecule has 2 aromatic carbocycles. The summed E-state index contributed by atoms with van der Waals surface area (Å²) in [6.45, 7) is 13.0. The molecule has 4 aromatic rings. The van der Waals surface area contributed by atoms with Crippen molar-refractivity contribution in [3.8, 4) is 0 Å². The Hall–Kier alpha value is -6.31. The van der Waals surface area contributed by atoms with Gasteiger partial charge in [-0.2, -0.15) is 0 Å². The number of H-pyrrole nitrogens is 1. The molecule has 19 nitrogen and oxygen atoms in total. The van der Waals surface area contributed by atoms with Crippen LogP contribution in [-0.4, -0.2) is 161 Å². The van der Waals surface area contributed by atoms with Crippen molar-refractivity contribution in [2.45, 2.75) is 127 Å². The number of likely N-dealkylation sites (tertiary alicyclic amines) is 1. The van der Waals surface area contributed by atoms with E-state index in [4.69, 9.17) is 21.1 Å².